The van der Waals surface area contributed by atoms with Gasteiger partial charge in [0, 0.05) is 6.54 Å². The molecule has 0 saturated heterocycles. The smallest absolute Gasteiger partial charge is 0.306 e. The van der Waals surface area contributed by atoms with E-state index in [1.807, 2.05) is 13.8 Å². The zero-order valence-corrected chi connectivity index (χ0v) is 9.07. The van der Waals surface area contributed by atoms with Gasteiger partial charge in [0.25, 0.3) is 0 Å². The van der Waals surface area contributed by atoms with E-state index in [2.05, 4.69) is 11.0 Å². The summed E-state index contributed by atoms with van der Waals surface area (Å²) >= 11 is 0. The number of allylic oxidation sites excluding steroid dienone is 2. The lowest BCUT2D eigenvalue weighted by molar-refractivity contribution is -0.114. The lowest BCUT2D eigenvalue weighted by Gasteiger charge is -2.25. The molecule has 0 aliphatic carbocycles. The first-order valence-corrected chi connectivity index (χ1v) is 4.93. The Hall–Kier alpha value is -0.910. The van der Waals surface area contributed by atoms with Crippen LogP contribution in [0.1, 0.15) is 27.2 Å². The Morgan fingerprint density at radius 3 is 2.47 bits per heavy atom. The second-order valence-electron chi connectivity index (χ2n) is 3.83. The van der Waals surface area contributed by atoms with Gasteiger partial charge in [-0.25, -0.2) is 0 Å². The first-order chi connectivity index (χ1) is 6.86. The second-order valence-corrected chi connectivity index (χ2v) is 3.83. The fourth-order valence-corrected chi connectivity index (χ4v) is 1.41. The first-order valence-electron chi connectivity index (χ1n) is 4.93. The number of nitrogens with one attached hydrogen (secondary N) is 2. The molecule has 0 fully saturated rings. The summed E-state index contributed by atoms with van der Waals surface area (Å²) in [4.78, 5) is 0. The highest BCUT2D eigenvalue weighted by Crippen LogP contribution is 2.31. The van der Waals surface area contributed by atoms with Crippen LogP contribution in [0.5, 0.6) is 0 Å². The SMILES string of the molecule is CCC(C)CN1NNC(C)=C1C(F)(F)F. The van der Waals surface area contributed by atoms with Crippen LogP contribution in [-0.4, -0.2) is 17.7 Å². The van der Waals surface area contributed by atoms with Crippen LogP contribution in [0.4, 0.5) is 13.2 Å². The molecule has 15 heavy (non-hydrogen) atoms. The van der Waals surface area contributed by atoms with Crippen LogP contribution < -0.4 is 11.0 Å². The molecule has 3 nitrogen and oxygen atoms in total. The summed E-state index contributed by atoms with van der Waals surface area (Å²) in [6.45, 7) is 5.63. The number of rotatable bonds is 3. The van der Waals surface area contributed by atoms with Crippen molar-refractivity contribution in [3.63, 3.8) is 0 Å². The highest BCUT2D eigenvalue weighted by atomic mass is 19.4. The Labute approximate surface area is 87.3 Å². The predicted molar refractivity (Wildman–Crippen MR) is 51.2 cm³/mol. The third kappa shape index (κ3) is 2.77. The Kier molecular flexibility index (Phi) is 3.49. The van der Waals surface area contributed by atoms with E-state index in [1.54, 1.807) is 0 Å². The second kappa shape index (κ2) is 4.30. The molecule has 2 N–H and O–H groups in total. The summed E-state index contributed by atoms with van der Waals surface area (Å²) in [5.41, 5.74) is 4.50. The lowest BCUT2D eigenvalue weighted by atomic mass is 10.1. The molecule has 1 unspecified atom stereocenters. The molecule has 0 amide bonds. The van der Waals surface area contributed by atoms with Gasteiger partial charge in [-0.2, -0.15) is 13.2 Å². The summed E-state index contributed by atoms with van der Waals surface area (Å²) in [5.74, 6) is 0.211. The Balaban J connectivity index is 2.76. The van der Waals surface area contributed by atoms with Crippen molar-refractivity contribution in [3.8, 4) is 0 Å². The highest BCUT2D eigenvalue weighted by molar-refractivity contribution is 5.17. The van der Waals surface area contributed by atoms with Crippen molar-refractivity contribution in [1.29, 1.82) is 0 Å². The van der Waals surface area contributed by atoms with E-state index in [0.717, 1.165) is 11.4 Å². The molecule has 0 aromatic heterocycles. The molecule has 6 heteroatoms. The molecule has 1 aliphatic rings. The quantitative estimate of drug-likeness (QED) is 0.767. The van der Waals surface area contributed by atoms with Crippen molar-refractivity contribution in [2.24, 2.45) is 5.92 Å². The van der Waals surface area contributed by atoms with Gasteiger partial charge in [0.2, 0.25) is 0 Å². The van der Waals surface area contributed by atoms with Gasteiger partial charge in [-0.3, -0.25) is 5.01 Å². The van der Waals surface area contributed by atoms with Crippen LogP contribution in [-0.2, 0) is 0 Å². The van der Waals surface area contributed by atoms with E-state index < -0.39 is 11.9 Å². The van der Waals surface area contributed by atoms with E-state index in [4.69, 9.17) is 0 Å². The molecule has 0 aromatic rings. The van der Waals surface area contributed by atoms with Gasteiger partial charge >= 0.3 is 6.18 Å². The standard InChI is InChI=1S/C9H16F3N3/c1-4-6(2)5-15-8(9(10,11)12)7(3)13-14-15/h6,13-14H,4-5H2,1-3H3. The summed E-state index contributed by atoms with van der Waals surface area (Å²) in [6, 6.07) is 0. The number of hydrogen-bond acceptors (Lipinski definition) is 3. The van der Waals surface area contributed by atoms with Gasteiger partial charge in [0.1, 0.15) is 0 Å². The van der Waals surface area contributed by atoms with Crippen LogP contribution in [0.15, 0.2) is 11.4 Å². The number of nitrogens with zero attached hydrogens (tertiary/aromatic N) is 1. The van der Waals surface area contributed by atoms with Gasteiger partial charge in [0.05, 0.1) is 5.70 Å². The Bertz CT molecular complexity index is 260. The molecule has 1 atom stereocenters. The van der Waals surface area contributed by atoms with Gasteiger partial charge in [-0.05, 0) is 12.8 Å². The first kappa shape index (κ1) is 12.2. The molecular formula is C9H16F3N3. The molecule has 88 valence electrons. The van der Waals surface area contributed by atoms with Crippen LogP contribution in [0.2, 0.25) is 0 Å². The summed E-state index contributed by atoms with van der Waals surface area (Å²) < 4.78 is 37.9. The minimum Gasteiger partial charge on any atom is -0.306 e. The zero-order chi connectivity index (χ0) is 11.6. The minimum atomic E-state index is -4.31. The Morgan fingerprint density at radius 1 is 1.40 bits per heavy atom. The van der Waals surface area contributed by atoms with E-state index >= 15 is 0 Å². The molecule has 1 aliphatic heterocycles. The van der Waals surface area contributed by atoms with Crippen LogP contribution >= 0.6 is 0 Å². The van der Waals surface area contributed by atoms with Crippen LogP contribution in [0.3, 0.4) is 0 Å². The lowest BCUT2D eigenvalue weighted by Crippen LogP contribution is -2.42. The highest BCUT2D eigenvalue weighted by Gasteiger charge is 2.42. The predicted octanol–water partition coefficient (Wildman–Crippen LogP) is 2.15. The molecule has 0 saturated carbocycles. The van der Waals surface area contributed by atoms with Crippen molar-refractivity contribution in [2.75, 3.05) is 6.54 Å². The molecule has 1 rings (SSSR count). The van der Waals surface area contributed by atoms with Gasteiger partial charge < -0.3 is 5.43 Å². The van der Waals surface area contributed by atoms with E-state index in [0.29, 0.717) is 6.54 Å². The molecular weight excluding hydrogens is 207 g/mol. The average molecular weight is 223 g/mol. The van der Waals surface area contributed by atoms with Crippen molar-refractivity contribution >= 4 is 0 Å². The maximum Gasteiger partial charge on any atom is 0.434 e. The number of halogens is 3. The molecule has 0 radical (unpaired) electrons. The van der Waals surface area contributed by atoms with Gasteiger partial charge in [0.15, 0.2) is 5.70 Å². The zero-order valence-electron chi connectivity index (χ0n) is 9.07. The number of hydrogen-bond donors (Lipinski definition) is 2. The van der Waals surface area contributed by atoms with Crippen LogP contribution in [0.25, 0.3) is 0 Å². The van der Waals surface area contributed by atoms with E-state index in [9.17, 15) is 13.2 Å². The maximum absolute atomic E-state index is 12.6. The van der Waals surface area contributed by atoms with Crippen molar-refractivity contribution in [3.05, 3.63) is 11.4 Å². The van der Waals surface area contributed by atoms with Gasteiger partial charge in [-0.15, -0.1) is 5.53 Å². The largest absolute Gasteiger partial charge is 0.434 e. The van der Waals surface area contributed by atoms with Crippen molar-refractivity contribution < 1.29 is 13.2 Å². The molecule has 1 heterocycles. The van der Waals surface area contributed by atoms with Crippen LogP contribution in [0, 0.1) is 5.92 Å². The normalized spacial score (nSPS) is 19.5. The third-order valence-electron chi connectivity index (χ3n) is 2.46. The average Bonchev–Trinajstić information content (AvgIpc) is 2.46. The maximum atomic E-state index is 12.6. The summed E-state index contributed by atoms with van der Waals surface area (Å²) in [7, 11) is 0. The van der Waals surface area contributed by atoms with Gasteiger partial charge in [-0.1, -0.05) is 20.3 Å². The van der Waals surface area contributed by atoms with Crippen molar-refractivity contribution in [1.82, 2.24) is 16.0 Å². The fraction of sp³-hybridized carbons (Fsp3) is 0.778. The topological polar surface area (TPSA) is 27.3 Å². The van der Waals surface area contributed by atoms with E-state index in [1.165, 1.54) is 6.92 Å². The monoisotopic (exact) mass is 223 g/mol. The molecule has 0 aromatic carbocycles. The Morgan fingerprint density at radius 2 is 2.00 bits per heavy atom. The van der Waals surface area contributed by atoms with Crippen molar-refractivity contribution in [2.45, 2.75) is 33.4 Å². The fourth-order valence-electron chi connectivity index (χ4n) is 1.41. The summed E-state index contributed by atoms with van der Waals surface area (Å²) in [5, 5.41) is 1.13. The number of alkyl halides is 3. The molecule has 0 spiro atoms. The summed E-state index contributed by atoms with van der Waals surface area (Å²) in [6.07, 6.45) is -3.46. The molecule has 0 bridgehead atoms. The van der Waals surface area contributed by atoms with E-state index in [-0.39, 0.29) is 11.6 Å². The minimum absolute atomic E-state index is 0.116. The number of hydrazine groups is 2. The third-order valence-corrected chi connectivity index (χ3v) is 2.46.